The molecular weight excluding hydrogens is 196 g/mol. The molecular formula is C14H28N2. The molecule has 0 rings (SSSR count). The van der Waals surface area contributed by atoms with Crippen molar-refractivity contribution >= 4 is 0 Å². The Balaban J connectivity index is 3.75. The van der Waals surface area contributed by atoms with Crippen LogP contribution in [0.25, 0.3) is 0 Å². The van der Waals surface area contributed by atoms with E-state index in [1.807, 2.05) is 7.05 Å². The van der Waals surface area contributed by atoms with Crippen LogP contribution in [0.2, 0.25) is 0 Å². The van der Waals surface area contributed by atoms with Gasteiger partial charge in [0.25, 0.3) is 0 Å². The second-order valence-electron chi connectivity index (χ2n) is 3.97. The SMILES string of the molecule is C/C=C\CCN(CC/C=C\CC)CCNC. The zero-order valence-electron chi connectivity index (χ0n) is 11.2. The highest BCUT2D eigenvalue weighted by molar-refractivity contribution is 4.82. The molecule has 0 aromatic heterocycles. The van der Waals surface area contributed by atoms with E-state index in [9.17, 15) is 0 Å². The van der Waals surface area contributed by atoms with Crippen LogP contribution in [0.3, 0.4) is 0 Å². The number of hydrogen-bond acceptors (Lipinski definition) is 2. The second kappa shape index (κ2) is 12.5. The van der Waals surface area contributed by atoms with Gasteiger partial charge in [0.2, 0.25) is 0 Å². The first-order chi connectivity index (χ1) is 7.85. The summed E-state index contributed by atoms with van der Waals surface area (Å²) in [5.74, 6) is 0. The van der Waals surface area contributed by atoms with E-state index in [1.54, 1.807) is 0 Å². The second-order valence-corrected chi connectivity index (χ2v) is 3.97. The maximum Gasteiger partial charge on any atom is 0.0107 e. The molecule has 0 amide bonds. The first kappa shape index (κ1) is 15.4. The molecule has 0 spiro atoms. The van der Waals surface area contributed by atoms with Gasteiger partial charge >= 0.3 is 0 Å². The Morgan fingerprint density at radius 2 is 1.69 bits per heavy atom. The van der Waals surface area contributed by atoms with Crippen LogP contribution < -0.4 is 5.32 Å². The lowest BCUT2D eigenvalue weighted by Gasteiger charge is -2.20. The van der Waals surface area contributed by atoms with Crippen molar-refractivity contribution in [1.29, 1.82) is 0 Å². The van der Waals surface area contributed by atoms with Crippen LogP contribution in [0.1, 0.15) is 33.1 Å². The average Bonchev–Trinajstić information content (AvgIpc) is 2.31. The van der Waals surface area contributed by atoms with Gasteiger partial charge in [0.1, 0.15) is 0 Å². The highest BCUT2D eigenvalue weighted by Crippen LogP contribution is 1.96. The van der Waals surface area contributed by atoms with E-state index in [2.05, 4.69) is 48.4 Å². The van der Waals surface area contributed by atoms with Gasteiger partial charge in [-0.25, -0.2) is 0 Å². The topological polar surface area (TPSA) is 15.3 Å². The van der Waals surface area contributed by atoms with Crippen molar-refractivity contribution in [3.05, 3.63) is 24.3 Å². The van der Waals surface area contributed by atoms with Gasteiger partial charge < -0.3 is 10.2 Å². The molecule has 0 aliphatic carbocycles. The molecule has 0 radical (unpaired) electrons. The van der Waals surface area contributed by atoms with Gasteiger partial charge in [-0.15, -0.1) is 0 Å². The molecule has 0 atom stereocenters. The van der Waals surface area contributed by atoms with Crippen molar-refractivity contribution in [3.8, 4) is 0 Å². The van der Waals surface area contributed by atoms with E-state index >= 15 is 0 Å². The Bertz CT molecular complexity index is 185. The van der Waals surface area contributed by atoms with E-state index in [0.717, 1.165) is 25.9 Å². The first-order valence-electron chi connectivity index (χ1n) is 6.48. The van der Waals surface area contributed by atoms with E-state index in [0.29, 0.717) is 0 Å². The lowest BCUT2D eigenvalue weighted by molar-refractivity contribution is 0.286. The minimum atomic E-state index is 1.08. The number of hydrogen-bond donors (Lipinski definition) is 1. The Morgan fingerprint density at radius 3 is 2.25 bits per heavy atom. The molecule has 0 saturated carbocycles. The minimum Gasteiger partial charge on any atom is -0.318 e. The Hall–Kier alpha value is -0.600. The Morgan fingerprint density at radius 1 is 1.00 bits per heavy atom. The summed E-state index contributed by atoms with van der Waals surface area (Å²) < 4.78 is 0. The largest absolute Gasteiger partial charge is 0.318 e. The first-order valence-corrected chi connectivity index (χ1v) is 6.48. The Labute approximate surface area is 101 Å². The van der Waals surface area contributed by atoms with Gasteiger partial charge in [0, 0.05) is 26.2 Å². The molecule has 1 N–H and O–H groups in total. The van der Waals surface area contributed by atoms with Crippen LogP contribution in [-0.2, 0) is 0 Å². The molecule has 94 valence electrons. The van der Waals surface area contributed by atoms with Crippen molar-refractivity contribution in [2.75, 3.05) is 33.2 Å². The summed E-state index contributed by atoms with van der Waals surface area (Å²) in [5.41, 5.74) is 0. The summed E-state index contributed by atoms with van der Waals surface area (Å²) in [6.07, 6.45) is 12.4. The molecule has 0 fully saturated rings. The van der Waals surface area contributed by atoms with E-state index < -0.39 is 0 Å². The van der Waals surface area contributed by atoms with Gasteiger partial charge in [-0.1, -0.05) is 31.2 Å². The molecule has 0 aliphatic rings. The van der Waals surface area contributed by atoms with Crippen molar-refractivity contribution in [1.82, 2.24) is 10.2 Å². The van der Waals surface area contributed by atoms with Crippen molar-refractivity contribution in [3.63, 3.8) is 0 Å². The van der Waals surface area contributed by atoms with Crippen molar-refractivity contribution < 1.29 is 0 Å². The zero-order valence-corrected chi connectivity index (χ0v) is 11.2. The molecule has 0 aromatic carbocycles. The zero-order chi connectivity index (χ0) is 12.1. The summed E-state index contributed by atoms with van der Waals surface area (Å²) in [6.45, 7) is 8.84. The predicted molar refractivity (Wildman–Crippen MR) is 73.8 cm³/mol. The third-order valence-corrected chi connectivity index (χ3v) is 2.54. The third-order valence-electron chi connectivity index (χ3n) is 2.54. The quantitative estimate of drug-likeness (QED) is 0.574. The van der Waals surface area contributed by atoms with Crippen LogP contribution in [0.4, 0.5) is 0 Å². The maximum atomic E-state index is 3.21. The van der Waals surface area contributed by atoms with E-state index in [1.165, 1.54) is 19.5 Å². The van der Waals surface area contributed by atoms with Crippen molar-refractivity contribution in [2.24, 2.45) is 0 Å². The average molecular weight is 224 g/mol. The smallest absolute Gasteiger partial charge is 0.0107 e. The molecule has 0 aromatic rings. The van der Waals surface area contributed by atoms with Gasteiger partial charge in [-0.3, -0.25) is 0 Å². The lowest BCUT2D eigenvalue weighted by Crippen LogP contribution is -2.32. The molecule has 0 bridgehead atoms. The Kier molecular flexibility index (Phi) is 12.0. The van der Waals surface area contributed by atoms with Gasteiger partial charge in [-0.2, -0.15) is 0 Å². The highest BCUT2D eigenvalue weighted by atomic mass is 15.1. The van der Waals surface area contributed by atoms with Crippen LogP contribution in [0, 0.1) is 0 Å². The number of rotatable bonds is 10. The molecule has 0 saturated heterocycles. The number of nitrogens with zero attached hydrogens (tertiary/aromatic N) is 1. The van der Waals surface area contributed by atoms with Crippen LogP contribution in [0.15, 0.2) is 24.3 Å². The fourth-order valence-electron chi connectivity index (χ4n) is 1.57. The number of likely N-dealkylation sites (N-methyl/N-ethyl adjacent to an activating group) is 1. The standard InChI is InChI=1S/C14H28N2/c1-4-6-8-10-13-16(14-11-15-3)12-9-7-5-2/h5-8,15H,4,9-14H2,1-3H3/b7-5-,8-6-. The lowest BCUT2D eigenvalue weighted by atomic mass is 10.3. The van der Waals surface area contributed by atoms with Crippen LogP contribution >= 0.6 is 0 Å². The number of allylic oxidation sites excluding steroid dienone is 2. The summed E-state index contributed by atoms with van der Waals surface area (Å²) in [6, 6.07) is 0. The fourth-order valence-corrected chi connectivity index (χ4v) is 1.57. The van der Waals surface area contributed by atoms with Crippen LogP contribution in [0.5, 0.6) is 0 Å². The minimum absolute atomic E-state index is 1.08. The van der Waals surface area contributed by atoms with E-state index in [4.69, 9.17) is 0 Å². The van der Waals surface area contributed by atoms with E-state index in [-0.39, 0.29) is 0 Å². The highest BCUT2D eigenvalue weighted by Gasteiger charge is 2.01. The van der Waals surface area contributed by atoms with Gasteiger partial charge in [0.05, 0.1) is 0 Å². The normalized spacial score (nSPS) is 12.2. The summed E-state index contributed by atoms with van der Waals surface area (Å²) in [7, 11) is 2.01. The summed E-state index contributed by atoms with van der Waals surface area (Å²) in [5, 5.41) is 3.21. The molecule has 2 nitrogen and oxygen atoms in total. The molecule has 2 heteroatoms. The van der Waals surface area contributed by atoms with Gasteiger partial charge in [-0.05, 0) is 33.2 Å². The molecule has 0 aliphatic heterocycles. The van der Waals surface area contributed by atoms with Crippen LogP contribution in [-0.4, -0.2) is 38.1 Å². The predicted octanol–water partition coefficient (Wildman–Crippen LogP) is 2.83. The fraction of sp³-hybridized carbons (Fsp3) is 0.714. The molecule has 0 unspecified atom stereocenters. The maximum absolute atomic E-state index is 3.21. The number of nitrogens with one attached hydrogen (secondary N) is 1. The summed E-state index contributed by atoms with van der Waals surface area (Å²) >= 11 is 0. The third kappa shape index (κ3) is 9.94. The molecule has 16 heavy (non-hydrogen) atoms. The van der Waals surface area contributed by atoms with Gasteiger partial charge in [0.15, 0.2) is 0 Å². The molecule has 0 heterocycles. The monoisotopic (exact) mass is 224 g/mol. The summed E-state index contributed by atoms with van der Waals surface area (Å²) in [4.78, 5) is 2.52. The van der Waals surface area contributed by atoms with Crippen molar-refractivity contribution in [2.45, 2.75) is 33.1 Å².